The molecule has 0 spiro atoms. The quantitative estimate of drug-likeness (QED) is 0.570. The molecule has 0 N–H and O–H groups in total. The van der Waals surface area contributed by atoms with Gasteiger partial charge in [-0.2, -0.15) is 13.2 Å². The zero-order chi connectivity index (χ0) is 15.9. The van der Waals surface area contributed by atoms with E-state index in [1.807, 2.05) is 29.8 Å². The van der Waals surface area contributed by atoms with Crippen LogP contribution in [0, 0.1) is 6.92 Å². The van der Waals surface area contributed by atoms with Crippen molar-refractivity contribution < 1.29 is 13.2 Å². The lowest BCUT2D eigenvalue weighted by atomic mass is 10.1. The van der Waals surface area contributed by atoms with Crippen LogP contribution < -0.4 is 0 Å². The minimum atomic E-state index is -4.30. The first-order valence-corrected chi connectivity index (χ1v) is 7.42. The van der Waals surface area contributed by atoms with Crippen molar-refractivity contribution in [2.75, 3.05) is 0 Å². The predicted octanol–water partition coefficient (Wildman–Crippen LogP) is 5.17. The third-order valence-electron chi connectivity index (χ3n) is 3.52. The maximum atomic E-state index is 12.6. The summed E-state index contributed by atoms with van der Waals surface area (Å²) in [6, 6.07) is 9.14. The van der Waals surface area contributed by atoms with Gasteiger partial charge in [-0.1, -0.05) is 12.1 Å². The van der Waals surface area contributed by atoms with Crippen LogP contribution in [0.5, 0.6) is 0 Å². The summed E-state index contributed by atoms with van der Waals surface area (Å²) in [7, 11) is 0. The predicted molar refractivity (Wildman–Crippen MR) is 82.7 cm³/mol. The fourth-order valence-electron chi connectivity index (χ4n) is 2.32. The first-order chi connectivity index (χ1) is 10.3. The number of hydrogen-bond acceptors (Lipinski definition) is 1. The number of pyridine rings is 1. The van der Waals surface area contributed by atoms with E-state index in [-0.39, 0.29) is 0 Å². The lowest BCUT2D eigenvalue weighted by Gasteiger charge is -2.09. The smallest absolute Gasteiger partial charge is 0.342 e. The maximum Gasteiger partial charge on any atom is 0.416 e. The summed E-state index contributed by atoms with van der Waals surface area (Å²) in [5.74, 6) is 0. The highest BCUT2D eigenvalue weighted by atomic mass is 79.9. The summed E-state index contributed by atoms with van der Waals surface area (Å²) in [4.78, 5) is 4.43. The Morgan fingerprint density at radius 1 is 1.14 bits per heavy atom. The molecule has 114 valence electrons. The molecule has 0 fully saturated rings. The molecular formula is C16H12BrF3N2. The summed E-state index contributed by atoms with van der Waals surface area (Å²) in [5, 5.41) is 0. The molecule has 2 nitrogen and oxygen atoms in total. The van der Waals surface area contributed by atoms with Crippen molar-refractivity contribution in [3.63, 3.8) is 0 Å². The summed E-state index contributed by atoms with van der Waals surface area (Å²) in [6.07, 6.45) is -2.41. The molecule has 0 aliphatic carbocycles. The molecule has 0 atom stereocenters. The monoisotopic (exact) mass is 368 g/mol. The van der Waals surface area contributed by atoms with E-state index in [1.54, 1.807) is 0 Å². The molecule has 3 rings (SSSR count). The van der Waals surface area contributed by atoms with Crippen LogP contribution >= 0.6 is 15.9 Å². The molecule has 0 saturated heterocycles. The van der Waals surface area contributed by atoms with Crippen molar-refractivity contribution in [1.82, 2.24) is 9.55 Å². The number of benzene rings is 1. The molecule has 0 aliphatic rings. The molecule has 6 heteroatoms. The molecule has 2 aromatic heterocycles. The average molecular weight is 369 g/mol. The first-order valence-electron chi connectivity index (χ1n) is 6.63. The minimum absolute atomic E-state index is 0.504. The zero-order valence-electron chi connectivity index (χ0n) is 11.7. The number of halogens is 4. The second kappa shape index (κ2) is 5.43. The Labute approximate surface area is 133 Å². The van der Waals surface area contributed by atoms with E-state index in [0.717, 1.165) is 38.9 Å². The van der Waals surface area contributed by atoms with Crippen molar-refractivity contribution in [1.29, 1.82) is 0 Å². The van der Waals surface area contributed by atoms with Gasteiger partial charge in [0.1, 0.15) is 4.60 Å². The van der Waals surface area contributed by atoms with Crippen molar-refractivity contribution in [2.24, 2.45) is 0 Å². The summed E-state index contributed by atoms with van der Waals surface area (Å²) in [5.41, 5.74) is 3.01. The number of hydrogen-bond donors (Lipinski definition) is 0. The number of nitrogens with zero attached hydrogens (tertiary/aromatic N) is 2. The standard InChI is InChI=1S/C16H12BrF3N2/c1-10-8-14-13(21-15(10)17)6-7-22(14)9-11-2-4-12(5-3-11)16(18,19)20/h2-8H,9H2,1H3. The number of rotatable bonds is 2. The molecule has 3 aromatic rings. The summed E-state index contributed by atoms with van der Waals surface area (Å²) < 4.78 is 40.5. The Morgan fingerprint density at radius 2 is 1.82 bits per heavy atom. The van der Waals surface area contributed by atoms with Crippen LogP contribution in [0.15, 0.2) is 47.2 Å². The van der Waals surface area contributed by atoms with Gasteiger partial charge in [-0.25, -0.2) is 4.98 Å². The second-order valence-electron chi connectivity index (χ2n) is 5.14. The minimum Gasteiger partial charge on any atom is -0.342 e. The highest BCUT2D eigenvalue weighted by Crippen LogP contribution is 2.29. The lowest BCUT2D eigenvalue weighted by molar-refractivity contribution is -0.137. The van der Waals surface area contributed by atoms with Crippen LogP contribution in [-0.4, -0.2) is 9.55 Å². The van der Waals surface area contributed by atoms with Gasteiger partial charge in [-0.05, 0) is 58.2 Å². The number of fused-ring (bicyclic) bond motifs is 1. The molecule has 0 amide bonds. The molecular weight excluding hydrogens is 357 g/mol. The fourth-order valence-corrected chi connectivity index (χ4v) is 2.62. The van der Waals surface area contributed by atoms with Gasteiger partial charge in [0.15, 0.2) is 0 Å². The van der Waals surface area contributed by atoms with Gasteiger partial charge in [-0.15, -0.1) is 0 Å². The van der Waals surface area contributed by atoms with E-state index in [1.165, 1.54) is 12.1 Å². The van der Waals surface area contributed by atoms with Gasteiger partial charge in [0, 0.05) is 12.7 Å². The number of aromatic nitrogens is 2. The van der Waals surface area contributed by atoms with Crippen LogP contribution in [0.1, 0.15) is 16.7 Å². The van der Waals surface area contributed by atoms with E-state index < -0.39 is 11.7 Å². The van der Waals surface area contributed by atoms with Crippen LogP contribution in [0.3, 0.4) is 0 Å². The van der Waals surface area contributed by atoms with Crippen molar-refractivity contribution in [3.8, 4) is 0 Å². The van der Waals surface area contributed by atoms with Crippen molar-refractivity contribution in [3.05, 3.63) is 63.9 Å². The topological polar surface area (TPSA) is 17.8 Å². The fraction of sp³-hybridized carbons (Fsp3) is 0.188. The zero-order valence-corrected chi connectivity index (χ0v) is 13.2. The lowest BCUT2D eigenvalue weighted by Crippen LogP contribution is -2.05. The number of aryl methyl sites for hydroxylation is 1. The van der Waals surface area contributed by atoms with E-state index in [0.29, 0.717) is 6.54 Å². The van der Waals surface area contributed by atoms with Gasteiger partial charge in [0.25, 0.3) is 0 Å². The van der Waals surface area contributed by atoms with Crippen LogP contribution in [0.2, 0.25) is 0 Å². The molecule has 1 aromatic carbocycles. The van der Waals surface area contributed by atoms with Crippen LogP contribution in [0.25, 0.3) is 11.0 Å². The normalized spacial score (nSPS) is 12.0. The molecule has 0 bridgehead atoms. The third kappa shape index (κ3) is 2.88. The Hall–Kier alpha value is -1.82. The molecule has 0 aliphatic heterocycles. The maximum absolute atomic E-state index is 12.6. The van der Waals surface area contributed by atoms with Gasteiger partial charge in [-0.3, -0.25) is 0 Å². The third-order valence-corrected chi connectivity index (χ3v) is 4.32. The van der Waals surface area contributed by atoms with Crippen LogP contribution in [0.4, 0.5) is 13.2 Å². The van der Waals surface area contributed by atoms with Crippen molar-refractivity contribution >= 4 is 27.0 Å². The van der Waals surface area contributed by atoms with Crippen LogP contribution in [-0.2, 0) is 12.7 Å². The van der Waals surface area contributed by atoms with Crippen molar-refractivity contribution in [2.45, 2.75) is 19.6 Å². The SMILES string of the molecule is Cc1cc2c(ccn2Cc2ccc(C(F)(F)F)cc2)nc1Br. The number of alkyl halides is 3. The van der Waals surface area contributed by atoms with E-state index in [9.17, 15) is 13.2 Å². The Bertz CT molecular complexity index is 820. The highest BCUT2D eigenvalue weighted by molar-refractivity contribution is 9.10. The second-order valence-corrected chi connectivity index (χ2v) is 5.89. The molecule has 0 unspecified atom stereocenters. The molecule has 0 radical (unpaired) electrons. The van der Waals surface area contributed by atoms with E-state index in [2.05, 4.69) is 20.9 Å². The molecule has 0 saturated carbocycles. The molecule has 22 heavy (non-hydrogen) atoms. The Morgan fingerprint density at radius 3 is 2.45 bits per heavy atom. The largest absolute Gasteiger partial charge is 0.416 e. The van der Waals surface area contributed by atoms with E-state index in [4.69, 9.17) is 0 Å². The van der Waals surface area contributed by atoms with Gasteiger partial charge in [0.2, 0.25) is 0 Å². The van der Waals surface area contributed by atoms with E-state index >= 15 is 0 Å². The highest BCUT2D eigenvalue weighted by Gasteiger charge is 2.29. The first kappa shape index (κ1) is 15.1. The van der Waals surface area contributed by atoms with Gasteiger partial charge >= 0.3 is 6.18 Å². The Kier molecular flexibility index (Phi) is 3.72. The van der Waals surface area contributed by atoms with Gasteiger partial charge in [0.05, 0.1) is 16.6 Å². The summed E-state index contributed by atoms with van der Waals surface area (Å²) >= 11 is 3.39. The average Bonchev–Trinajstić information content (AvgIpc) is 2.81. The summed E-state index contributed by atoms with van der Waals surface area (Å²) in [6.45, 7) is 2.45. The van der Waals surface area contributed by atoms with Gasteiger partial charge < -0.3 is 4.57 Å². The molecule has 2 heterocycles. The Balaban J connectivity index is 1.92.